The molecule has 4 heteroatoms. The van der Waals surface area contributed by atoms with Crippen LogP contribution in [-0.4, -0.2) is 28.7 Å². The molecule has 0 saturated carbocycles. The molecular weight excluding hydrogens is 304 g/mol. The van der Waals surface area contributed by atoms with Crippen LogP contribution in [0, 0.1) is 0 Å². The molecule has 0 N–H and O–H groups in total. The third-order valence-corrected chi connectivity index (χ3v) is 5.24. The van der Waals surface area contributed by atoms with E-state index in [1.54, 1.807) is 11.8 Å². The van der Waals surface area contributed by atoms with Gasteiger partial charge in [-0.25, -0.2) is 0 Å². The first-order chi connectivity index (χ1) is 11.4. The highest BCUT2D eigenvalue weighted by Gasteiger charge is 2.17. The van der Waals surface area contributed by atoms with Gasteiger partial charge < -0.3 is 4.74 Å². The van der Waals surface area contributed by atoms with E-state index in [4.69, 9.17) is 4.74 Å². The standard InChI is InChI=1S/C19H18N2OS/c1-2-7-14(8-3-1)18-16-10-4-5-11-17(16)19(21-20-18)23-13-15-9-6-12-22-15/h1-5,7-8,10-11,15H,6,9,12-13H2. The summed E-state index contributed by atoms with van der Waals surface area (Å²) in [5.74, 6) is 0.948. The average Bonchev–Trinajstić information content (AvgIpc) is 3.14. The van der Waals surface area contributed by atoms with E-state index in [0.717, 1.165) is 40.5 Å². The van der Waals surface area contributed by atoms with Crippen LogP contribution in [0.4, 0.5) is 0 Å². The second-order valence-electron chi connectivity index (χ2n) is 5.71. The topological polar surface area (TPSA) is 35.0 Å². The third-order valence-electron chi connectivity index (χ3n) is 4.13. The highest BCUT2D eigenvalue weighted by molar-refractivity contribution is 7.99. The third kappa shape index (κ3) is 3.09. The van der Waals surface area contributed by atoms with Gasteiger partial charge in [0.2, 0.25) is 0 Å². The second kappa shape index (κ2) is 6.69. The number of hydrogen-bond acceptors (Lipinski definition) is 4. The van der Waals surface area contributed by atoms with Crippen LogP contribution in [-0.2, 0) is 4.74 Å². The van der Waals surface area contributed by atoms with Gasteiger partial charge in [-0.05, 0) is 12.8 Å². The van der Waals surface area contributed by atoms with Crippen molar-refractivity contribution in [2.45, 2.75) is 24.0 Å². The molecule has 0 spiro atoms. The predicted molar refractivity (Wildman–Crippen MR) is 94.7 cm³/mol. The number of hydrogen-bond donors (Lipinski definition) is 0. The number of benzene rings is 2. The van der Waals surface area contributed by atoms with Gasteiger partial charge in [0, 0.05) is 28.7 Å². The van der Waals surface area contributed by atoms with Gasteiger partial charge in [0.05, 0.1) is 6.10 Å². The van der Waals surface area contributed by atoms with Crippen molar-refractivity contribution >= 4 is 22.5 Å². The van der Waals surface area contributed by atoms with Crippen LogP contribution < -0.4 is 0 Å². The summed E-state index contributed by atoms with van der Waals surface area (Å²) in [4.78, 5) is 0. The lowest BCUT2D eigenvalue weighted by molar-refractivity contribution is 0.129. The molecule has 1 aliphatic rings. The van der Waals surface area contributed by atoms with Crippen LogP contribution >= 0.6 is 11.8 Å². The number of fused-ring (bicyclic) bond motifs is 1. The fourth-order valence-corrected chi connectivity index (χ4v) is 3.98. The van der Waals surface area contributed by atoms with Crippen LogP contribution in [0.25, 0.3) is 22.0 Å². The Morgan fingerprint density at radius 1 is 0.957 bits per heavy atom. The molecule has 1 unspecified atom stereocenters. The van der Waals surface area contributed by atoms with E-state index in [1.807, 2.05) is 18.2 Å². The molecule has 23 heavy (non-hydrogen) atoms. The fourth-order valence-electron chi connectivity index (χ4n) is 2.94. The number of ether oxygens (including phenoxy) is 1. The van der Waals surface area contributed by atoms with Crippen molar-refractivity contribution in [2.24, 2.45) is 0 Å². The maximum atomic E-state index is 5.71. The number of aromatic nitrogens is 2. The SMILES string of the molecule is c1ccc(-c2nnc(SCC3CCCO3)c3ccccc23)cc1. The lowest BCUT2D eigenvalue weighted by Crippen LogP contribution is -2.08. The second-order valence-corrected chi connectivity index (χ2v) is 6.72. The molecule has 1 aliphatic heterocycles. The maximum Gasteiger partial charge on any atom is 0.127 e. The zero-order valence-electron chi connectivity index (χ0n) is 12.8. The molecule has 3 aromatic rings. The summed E-state index contributed by atoms with van der Waals surface area (Å²) < 4.78 is 5.71. The summed E-state index contributed by atoms with van der Waals surface area (Å²) in [6, 6.07) is 18.6. The molecule has 2 heterocycles. The van der Waals surface area contributed by atoms with E-state index < -0.39 is 0 Å². The first-order valence-corrected chi connectivity index (χ1v) is 8.95. The average molecular weight is 322 g/mol. The normalized spacial score (nSPS) is 17.7. The molecule has 3 nitrogen and oxygen atoms in total. The van der Waals surface area contributed by atoms with E-state index in [2.05, 4.69) is 46.6 Å². The zero-order valence-corrected chi connectivity index (χ0v) is 13.6. The van der Waals surface area contributed by atoms with E-state index >= 15 is 0 Å². The lowest BCUT2D eigenvalue weighted by atomic mass is 10.1. The van der Waals surface area contributed by atoms with Crippen molar-refractivity contribution in [3.63, 3.8) is 0 Å². The van der Waals surface area contributed by atoms with Gasteiger partial charge >= 0.3 is 0 Å². The predicted octanol–water partition coefficient (Wildman–Crippen LogP) is 4.57. The van der Waals surface area contributed by atoms with Crippen LogP contribution in [0.15, 0.2) is 59.6 Å². The minimum atomic E-state index is 0.356. The molecule has 1 atom stereocenters. The van der Waals surface area contributed by atoms with Crippen LogP contribution in [0.1, 0.15) is 12.8 Å². The molecular formula is C19H18N2OS. The molecule has 116 valence electrons. The molecule has 0 radical (unpaired) electrons. The van der Waals surface area contributed by atoms with Gasteiger partial charge in [-0.15, -0.1) is 22.0 Å². The lowest BCUT2D eigenvalue weighted by Gasteiger charge is -2.11. The Kier molecular flexibility index (Phi) is 4.26. The minimum Gasteiger partial charge on any atom is -0.377 e. The number of nitrogens with zero attached hydrogens (tertiary/aromatic N) is 2. The Morgan fingerprint density at radius 3 is 2.52 bits per heavy atom. The molecule has 1 fully saturated rings. The Morgan fingerprint density at radius 2 is 1.74 bits per heavy atom. The molecule has 1 saturated heterocycles. The van der Waals surface area contributed by atoms with Gasteiger partial charge in [-0.2, -0.15) is 0 Å². The van der Waals surface area contributed by atoms with Crippen LogP contribution in [0.2, 0.25) is 0 Å². The Bertz CT molecular complexity index is 801. The summed E-state index contributed by atoms with van der Waals surface area (Å²) in [6.45, 7) is 0.893. The highest BCUT2D eigenvalue weighted by Crippen LogP contribution is 2.32. The Labute approximate surface area is 140 Å². The van der Waals surface area contributed by atoms with Crippen molar-refractivity contribution in [2.75, 3.05) is 12.4 Å². The molecule has 1 aromatic heterocycles. The monoisotopic (exact) mass is 322 g/mol. The Balaban J connectivity index is 1.70. The molecule has 2 aromatic carbocycles. The van der Waals surface area contributed by atoms with Crippen molar-refractivity contribution in [1.29, 1.82) is 0 Å². The van der Waals surface area contributed by atoms with Gasteiger partial charge in [0.15, 0.2) is 0 Å². The maximum absolute atomic E-state index is 5.71. The quantitative estimate of drug-likeness (QED) is 0.659. The van der Waals surface area contributed by atoms with Crippen molar-refractivity contribution in [3.05, 3.63) is 54.6 Å². The van der Waals surface area contributed by atoms with Gasteiger partial charge in [0.1, 0.15) is 10.7 Å². The molecule has 0 amide bonds. The number of rotatable bonds is 4. The first-order valence-electron chi connectivity index (χ1n) is 7.97. The van der Waals surface area contributed by atoms with E-state index in [1.165, 1.54) is 11.8 Å². The van der Waals surface area contributed by atoms with E-state index in [0.29, 0.717) is 6.10 Å². The smallest absolute Gasteiger partial charge is 0.127 e. The number of thioether (sulfide) groups is 1. The van der Waals surface area contributed by atoms with Crippen molar-refractivity contribution in [1.82, 2.24) is 10.2 Å². The van der Waals surface area contributed by atoms with Crippen LogP contribution in [0.5, 0.6) is 0 Å². The first kappa shape index (κ1) is 14.7. The molecule has 0 bridgehead atoms. The van der Waals surface area contributed by atoms with Crippen LogP contribution in [0.3, 0.4) is 0 Å². The summed E-state index contributed by atoms with van der Waals surface area (Å²) >= 11 is 1.75. The molecule has 4 rings (SSSR count). The van der Waals surface area contributed by atoms with Gasteiger partial charge in [0.25, 0.3) is 0 Å². The largest absolute Gasteiger partial charge is 0.377 e. The fraction of sp³-hybridized carbons (Fsp3) is 0.263. The molecule has 0 aliphatic carbocycles. The summed E-state index contributed by atoms with van der Waals surface area (Å²) in [6.07, 6.45) is 2.68. The van der Waals surface area contributed by atoms with E-state index in [-0.39, 0.29) is 0 Å². The van der Waals surface area contributed by atoms with Crippen molar-refractivity contribution < 1.29 is 4.74 Å². The highest BCUT2D eigenvalue weighted by atomic mass is 32.2. The summed E-state index contributed by atoms with van der Waals surface area (Å²) in [5, 5.41) is 12.3. The van der Waals surface area contributed by atoms with E-state index in [9.17, 15) is 0 Å². The Hall–Kier alpha value is -1.91. The minimum absolute atomic E-state index is 0.356. The summed E-state index contributed by atoms with van der Waals surface area (Å²) in [7, 11) is 0. The summed E-state index contributed by atoms with van der Waals surface area (Å²) in [5.41, 5.74) is 2.05. The zero-order chi connectivity index (χ0) is 15.5. The van der Waals surface area contributed by atoms with Gasteiger partial charge in [-0.1, -0.05) is 54.6 Å². The van der Waals surface area contributed by atoms with Crippen molar-refractivity contribution in [3.8, 4) is 11.3 Å². The van der Waals surface area contributed by atoms with Gasteiger partial charge in [-0.3, -0.25) is 0 Å².